The number of carbonyl (C=O) groups is 2. The predicted molar refractivity (Wildman–Crippen MR) is 115 cm³/mol. The number of furan rings is 1. The Labute approximate surface area is 185 Å². The molecular formula is C25H24F2N2O3. The third kappa shape index (κ3) is 4.72. The Morgan fingerprint density at radius 1 is 0.969 bits per heavy atom. The lowest BCUT2D eigenvalue weighted by molar-refractivity contribution is -0.127. The van der Waals surface area contributed by atoms with E-state index in [1.807, 2.05) is 0 Å². The molecule has 1 atom stereocenters. The Morgan fingerprint density at radius 3 is 2.31 bits per heavy atom. The van der Waals surface area contributed by atoms with Crippen LogP contribution in [-0.4, -0.2) is 22.8 Å². The van der Waals surface area contributed by atoms with Gasteiger partial charge in [-0.1, -0.05) is 49.2 Å². The van der Waals surface area contributed by atoms with Crippen LogP contribution in [0.5, 0.6) is 0 Å². The molecule has 0 bridgehead atoms. The number of halogens is 2. The number of rotatable bonds is 7. The van der Waals surface area contributed by atoms with Crippen LogP contribution in [0.1, 0.15) is 53.4 Å². The van der Waals surface area contributed by atoms with Crippen LogP contribution < -0.4 is 5.32 Å². The van der Waals surface area contributed by atoms with Crippen molar-refractivity contribution >= 4 is 11.8 Å². The van der Waals surface area contributed by atoms with Crippen LogP contribution in [0.15, 0.2) is 71.3 Å². The van der Waals surface area contributed by atoms with Crippen LogP contribution in [-0.2, 0) is 11.3 Å². The van der Waals surface area contributed by atoms with E-state index in [9.17, 15) is 18.4 Å². The molecule has 3 aromatic rings. The highest BCUT2D eigenvalue weighted by molar-refractivity contribution is 5.96. The van der Waals surface area contributed by atoms with Crippen molar-refractivity contribution < 1.29 is 22.8 Å². The quantitative estimate of drug-likeness (QED) is 0.565. The van der Waals surface area contributed by atoms with Crippen molar-refractivity contribution in [1.29, 1.82) is 0 Å². The zero-order chi connectivity index (χ0) is 22.5. The van der Waals surface area contributed by atoms with Gasteiger partial charge in [-0.05, 0) is 37.1 Å². The average molecular weight is 438 g/mol. The number of carbonyl (C=O) groups excluding carboxylic acids is 2. The van der Waals surface area contributed by atoms with Gasteiger partial charge in [0.1, 0.15) is 17.7 Å². The Morgan fingerprint density at radius 2 is 1.66 bits per heavy atom. The number of benzene rings is 2. The lowest BCUT2D eigenvalue weighted by Gasteiger charge is -2.32. The van der Waals surface area contributed by atoms with E-state index in [1.54, 1.807) is 24.3 Å². The lowest BCUT2D eigenvalue weighted by Crippen LogP contribution is -2.46. The molecule has 1 heterocycles. The summed E-state index contributed by atoms with van der Waals surface area (Å²) in [5.41, 5.74) is 0.252. The Balaban J connectivity index is 1.77. The standard InChI is InChI=1S/C25H24F2N2O3/c26-20-12-5-1-8-17(20)16-29(25(31)22-14-7-15-32-22)23(19-11-4-6-13-21(19)27)24(30)28-18-9-2-3-10-18/h1,4-8,11-15,18,23H,2-3,9-10,16H2,(H,28,30)/t23-/m0/s1. The molecule has 32 heavy (non-hydrogen) atoms. The molecule has 0 saturated heterocycles. The van der Waals surface area contributed by atoms with Crippen molar-refractivity contribution in [3.63, 3.8) is 0 Å². The van der Waals surface area contributed by atoms with E-state index in [2.05, 4.69) is 5.32 Å². The molecule has 1 aliphatic carbocycles. The minimum atomic E-state index is -1.30. The predicted octanol–water partition coefficient (Wildman–Crippen LogP) is 5.00. The molecule has 1 saturated carbocycles. The van der Waals surface area contributed by atoms with E-state index < -0.39 is 29.5 Å². The summed E-state index contributed by atoms with van der Waals surface area (Å²) in [6, 6.07) is 13.5. The maximum atomic E-state index is 14.9. The minimum absolute atomic E-state index is 0.0173. The van der Waals surface area contributed by atoms with Crippen molar-refractivity contribution in [2.45, 2.75) is 44.3 Å². The summed E-state index contributed by atoms with van der Waals surface area (Å²) >= 11 is 0. The molecule has 2 amide bonds. The SMILES string of the molecule is O=C(NC1CCCC1)[C@H](c1ccccc1F)N(Cc1ccccc1F)C(=O)c1ccco1. The summed E-state index contributed by atoms with van der Waals surface area (Å²) in [4.78, 5) is 28.0. The van der Waals surface area contributed by atoms with E-state index in [0.717, 1.165) is 25.7 Å². The summed E-state index contributed by atoms with van der Waals surface area (Å²) in [7, 11) is 0. The number of nitrogens with one attached hydrogen (secondary N) is 1. The van der Waals surface area contributed by atoms with Gasteiger partial charge >= 0.3 is 0 Å². The maximum absolute atomic E-state index is 14.9. The molecule has 4 rings (SSSR count). The van der Waals surface area contributed by atoms with Crippen LogP contribution in [0.3, 0.4) is 0 Å². The molecule has 2 aromatic carbocycles. The normalized spacial score (nSPS) is 14.8. The van der Waals surface area contributed by atoms with Crippen LogP contribution in [0.25, 0.3) is 0 Å². The van der Waals surface area contributed by atoms with Gasteiger partial charge in [0.2, 0.25) is 5.91 Å². The molecule has 0 spiro atoms. The molecule has 0 aliphatic heterocycles. The Kier molecular flexibility index (Phi) is 6.63. The Hall–Kier alpha value is -3.48. The average Bonchev–Trinajstić information content (AvgIpc) is 3.50. The fourth-order valence-corrected chi connectivity index (χ4v) is 4.13. The summed E-state index contributed by atoms with van der Waals surface area (Å²) in [5, 5.41) is 2.96. The fourth-order valence-electron chi connectivity index (χ4n) is 4.13. The molecule has 0 unspecified atom stereocenters. The van der Waals surface area contributed by atoms with Gasteiger partial charge in [0.25, 0.3) is 5.91 Å². The topological polar surface area (TPSA) is 62.6 Å². The highest BCUT2D eigenvalue weighted by atomic mass is 19.1. The summed E-state index contributed by atoms with van der Waals surface area (Å²) < 4.78 is 34.6. The van der Waals surface area contributed by atoms with E-state index in [1.165, 1.54) is 47.6 Å². The van der Waals surface area contributed by atoms with Gasteiger partial charge in [-0.3, -0.25) is 9.59 Å². The molecule has 1 N–H and O–H groups in total. The second kappa shape index (κ2) is 9.77. The van der Waals surface area contributed by atoms with Gasteiger partial charge in [0.05, 0.1) is 12.8 Å². The van der Waals surface area contributed by atoms with Crippen molar-refractivity contribution in [3.8, 4) is 0 Å². The largest absolute Gasteiger partial charge is 0.459 e. The van der Waals surface area contributed by atoms with Crippen LogP contribution >= 0.6 is 0 Å². The summed E-state index contributed by atoms with van der Waals surface area (Å²) in [6.45, 7) is -0.233. The van der Waals surface area contributed by atoms with E-state index in [4.69, 9.17) is 4.42 Å². The van der Waals surface area contributed by atoms with Gasteiger partial charge in [-0.2, -0.15) is 0 Å². The zero-order valence-electron chi connectivity index (χ0n) is 17.5. The number of amides is 2. The number of hydrogen-bond acceptors (Lipinski definition) is 3. The van der Waals surface area contributed by atoms with Gasteiger partial charge in [0.15, 0.2) is 5.76 Å². The van der Waals surface area contributed by atoms with E-state index in [-0.39, 0.29) is 29.5 Å². The molecule has 166 valence electrons. The molecule has 1 aromatic heterocycles. The van der Waals surface area contributed by atoms with Crippen molar-refractivity contribution in [2.75, 3.05) is 0 Å². The monoisotopic (exact) mass is 438 g/mol. The number of nitrogens with zero attached hydrogens (tertiary/aromatic N) is 1. The third-order valence-corrected chi connectivity index (χ3v) is 5.75. The highest BCUT2D eigenvalue weighted by Gasteiger charge is 2.36. The fraction of sp³-hybridized carbons (Fsp3) is 0.280. The van der Waals surface area contributed by atoms with Crippen LogP contribution in [0, 0.1) is 11.6 Å². The molecule has 1 aliphatic rings. The van der Waals surface area contributed by atoms with Crippen LogP contribution in [0.2, 0.25) is 0 Å². The molecule has 1 fully saturated rings. The molecular weight excluding hydrogens is 414 g/mol. The first kappa shape index (κ1) is 21.7. The van der Waals surface area contributed by atoms with Crippen LogP contribution in [0.4, 0.5) is 8.78 Å². The van der Waals surface area contributed by atoms with Gasteiger partial charge in [0, 0.05) is 17.2 Å². The molecule has 5 nitrogen and oxygen atoms in total. The first-order valence-corrected chi connectivity index (χ1v) is 10.7. The summed E-state index contributed by atoms with van der Waals surface area (Å²) in [5.74, 6) is -2.29. The summed E-state index contributed by atoms with van der Waals surface area (Å²) in [6.07, 6.45) is 4.99. The highest BCUT2D eigenvalue weighted by Crippen LogP contribution is 2.29. The first-order chi connectivity index (χ1) is 15.5. The van der Waals surface area contributed by atoms with Crippen molar-refractivity contribution in [3.05, 3.63) is 95.4 Å². The second-order valence-corrected chi connectivity index (χ2v) is 7.92. The molecule has 0 radical (unpaired) electrons. The van der Waals surface area contributed by atoms with Crippen molar-refractivity contribution in [2.24, 2.45) is 0 Å². The third-order valence-electron chi connectivity index (χ3n) is 5.75. The van der Waals surface area contributed by atoms with E-state index in [0.29, 0.717) is 0 Å². The minimum Gasteiger partial charge on any atom is -0.459 e. The number of hydrogen-bond donors (Lipinski definition) is 1. The van der Waals surface area contributed by atoms with Crippen molar-refractivity contribution in [1.82, 2.24) is 10.2 Å². The first-order valence-electron chi connectivity index (χ1n) is 10.7. The van der Waals surface area contributed by atoms with Gasteiger partial charge in [-0.15, -0.1) is 0 Å². The smallest absolute Gasteiger partial charge is 0.290 e. The lowest BCUT2D eigenvalue weighted by atomic mass is 10.0. The van der Waals surface area contributed by atoms with Gasteiger partial charge < -0.3 is 14.6 Å². The maximum Gasteiger partial charge on any atom is 0.290 e. The zero-order valence-corrected chi connectivity index (χ0v) is 17.5. The Bertz CT molecular complexity index is 1080. The van der Waals surface area contributed by atoms with E-state index >= 15 is 0 Å². The van der Waals surface area contributed by atoms with Gasteiger partial charge in [-0.25, -0.2) is 8.78 Å². The molecule has 7 heteroatoms. The second-order valence-electron chi connectivity index (χ2n) is 7.92.